The molecule has 0 saturated carbocycles. The molecule has 0 saturated heterocycles. The van der Waals surface area contributed by atoms with Crippen molar-refractivity contribution in [2.45, 2.75) is 85.3 Å². The van der Waals surface area contributed by atoms with Gasteiger partial charge in [-0.1, -0.05) is 202 Å². The summed E-state index contributed by atoms with van der Waals surface area (Å²) in [5.74, 6) is 1.33. The third-order valence-electron chi connectivity index (χ3n) is 13.4. The van der Waals surface area contributed by atoms with Crippen molar-refractivity contribution in [2.24, 2.45) is 23.1 Å². The number of hydrogen-bond acceptors (Lipinski definition) is 14. The SMILES string of the molecule is CC(=O)NCCC(CSCc1ccccc1)C(=O)CN.CC(=O)NCN.CC(=O)OCC1c2ccccc2-c2ccccc21.CC(=O)OCC1c2ccccc2-c2ccccc21.CCc1ccccc1.CCc1ccccc1.CNCN.CNCNC(C)=O. The molecule has 1 unspecified atom stereocenters. The van der Waals surface area contributed by atoms with Crippen molar-refractivity contribution in [3.05, 3.63) is 227 Å². The minimum atomic E-state index is -0.225. The zero-order valence-electron chi connectivity index (χ0n) is 53.5. The molecule has 478 valence electrons. The molecule has 7 aromatic rings. The maximum Gasteiger partial charge on any atom is 0.302 e. The molecule has 0 heterocycles. The van der Waals surface area contributed by atoms with E-state index in [0.717, 1.165) is 24.3 Å². The van der Waals surface area contributed by atoms with E-state index >= 15 is 0 Å². The Kier molecular flexibility index (Phi) is 40.4. The highest BCUT2D eigenvalue weighted by molar-refractivity contribution is 7.98. The number of hydrogen-bond donors (Lipinski definition) is 8. The highest BCUT2D eigenvalue weighted by Gasteiger charge is 2.30. The number of nitrogens with two attached hydrogens (primary N) is 3. The molecule has 3 amide bonds. The van der Waals surface area contributed by atoms with Gasteiger partial charge in [-0.15, -0.1) is 0 Å². The maximum atomic E-state index is 11.8. The van der Waals surface area contributed by atoms with E-state index < -0.39 is 0 Å². The molecular weight excluding hydrogens is 1140 g/mol. The first-order chi connectivity index (χ1) is 43.0. The molecule has 0 radical (unpaired) electrons. The third kappa shape index (κ3) is 31.5. The Hall–Kier alpha value is -8.29. The van der Waals surface area contributed by atoms with Crippen molar-refractivity contribution in [3.63, 3.8) is 0 Å². The highest BCUT2D eigenvalue weighted by Crippen LogP contribution is 2.45. The molecule has 2 aliphatic carbocycles. The first-order valence-corrected chi connectivity index (χ1v) is 31.1. The molecule has 2 aliphatic rings. The van der Waals surface area contributed by atoms with E-state index in [4.69, 9.17) is 26.7 Å². The van der Waals surface area contributed by atoms with Crippen LogP contribution in [0.15, 0.2) is 188 Å². The summed E-state index contributed by atoms with van der Waals surface area (Å²) in [5, 5.41) is 13.1. The van der Waals surface area contributed by atoms with Gasteiger partial charge < -0.3 is 53.3 Å². The summed E-state index contributed by atoms with van der Waals surface area (Å²) in [6.07, 6.45) is 2.93. The zero-order chi connectivity index (χ0) is 65.6. The second-order valence-corrected chi connectivity index (χ2v) is 21.2. The second-order valence-electron chi connectivity index (χ2n) is 20.1. The lowest BCUT2D eigenvalue weighted by Crippen LogP contribution is -2.30. The van der Waals surface area contributed by atoms with Gasteiger partial charge in [0, 0.05) is 77.1 Å². The fourth-order valence-electron chi connectivity index (χ4n) is 8.88. The fourth-order valence-corrected chi connectivity index (χ4v) is 10.1. The summed E-state index contributed by atoms with van der Waals surface area (Å²) in [6, 6.07) is 64.3. The van der Waals surface area contributed by atoms with E-state index in [1.807, 2.05) is 78.9 Å². The van der Waals surface area contributed by atoms with Crippen molar-refractivity contribution in [1.29, 1.82) is 0 Å². The van der Waals surface area contributed by atoms with Crippen LogP contribution in [0.2, 0.25) is 0 Å². The van der Waals surface area contributed by atoms with Crippen LogP contribution >= 0.6 is 11.8 Å². The van der Waals surface area contributed by atoms with E-state index in [0.29, 0.717) is 39.5 Å². The number of nitrogens with one attached hydrogen (secondary N) is 5. The number of aryl methyl sites for hydroxylation is 2. The fraction of sp³-hybridized carbons (Fsp3) is 0.333. The molecule has 0 bridgehead atoms. The Labute approximate surface area is 533 Å². The van der Waals surface area contributed by atoms with Gasteiger partial charge in [-0.3, -0.25) is 28.8 Å². The number of rotatable bonds is 19. The molecule has 9 rings (SSSR count). The van der Waals surface area contributed by atoms with Crippen LogP contribution in [0.25, 0.3) is 22.3 Å². The van der Waals surface area contributed by atoms with Gasteiger partial charge >= 0.3 is 11.9 Å². The summed E-state index contributed by atoms with van der Waals surface area (Å²) in [6.45, 7) is 14.4. The number of amides is 3. The van der Waals surface area contributed by atoms with Crippen LogP contribution in [0.5, 0.6) is 0 Å². The number of carbonyl (C=O) groups excluding carboxylic acids is 6. The Balaban J connectivity index is 0.000000366. The molecule has 0 aromatic heterocycles. The molecule has 7 aromatic carbocycles. The predicted octanol–water partition coefficient (Wildman–Crippen LogP) is 10.3. The Morgan fingerprint density at radius 3 is 1.04 bits per heavy atom. The largest absolute Gasteiger partial charge is 0.465 e. The van der Waals surface area contributed by atoms with Crippen LogP contribution in [0, 0.1) is 5.92 Å². The van der Waals surface area contributed by atoms with Crippen LogP contribution in [-0.2, 0) is 56.8 Å². The number of fused-ring (bicyclic) bond motifs is 6. The minimum Gasteiger partial charge on any atom is -0.465 e. The van der Waals surface area contributed by atoms with E-state index in [-0.39, 0.29) is 66.4 Å². The first kappa shape index (κ1) is 76.8. The van der Waals surface area contributed by atoms with Gasteiger partial charge in [0.15, 0.2) is 0 Å². The van der Waals surface area contributed by atoms with Gasteiger partial charge in [-0.2, -0.15) is 11.8 Å². The number of esters is 2. The highest BCUT2D eigenvalue weighted by atomic mass is 32.2. The number of thioether (sulfide) groups is 1. The third-order valence-corrected chi connectivity index (χ3v) is 14.5. The molecule has 17 heteroatoms. The quantitative estimate of drug-likeness (QED) is 0.0277. The van der Waals surface area contributed by atoms with Crippen molar-refractivity contribution in [3.8, 4) is 22.3 Å². The molecule has 11 N–H and O–H groups in total. The van der Waals surface area contributed by atoms with E-state index in [1.165, 1.54) is 95.8 Å². The minimum absolute atomic E-state index is 0.00523. The lowest BCUT2D eigenvalue weighted by atomic mass is 9.98. The summed E-state index contributed by atoms with van der Waals surface area (Å²) in [7, 11) is 3.58. The van der Waals surface area contributed by atoms with Crippen LogP contribution in [0.4, 0.5) is 0 Å². The van der Waals surface area contributed by atoms with E-state index in [1.54, 1.807) is 25.9 Å². The first-order valence-electron chi connectivity index (χ1n) is 30.0. The Morgan fingerprint density at radius 2 is 0.787 bits per heavy atom. The number of ether oxygens (including phenoxy) is 2. The van der Waals surface area contributed by atoms with E-state index in [2.05, 4.69) is 150 Å². The number of Topliss-reactive ketones (excluding diaryl/α,β-unsaturated/α-hetero) is 1. The van der Waals surface area contributed by atoms with Crippen LogP contribution in [-0.4, -0.2) is 102 Å². The van der Waals surface area contributed by atoms with Gasteiger partial charge in [0.25, 0.3) is 0 Å². The predicted molar refractivity (Wildman–Crippen MR) is 365 cm³/mol. The normalized spacial score (nSPS) is 11.1. The molecule has 0 spiro atoms. The second kappa shape index (κ2) is 46.8. The van der Waals surface area contributed by atoms with Crippen LogP contribution < -0.4 is 43.8 Å². The maximum absolute atomic E-state index is 11.8. The summed E-state index contributed by atoms with van der Waals surface area (Å²) in [4.78, 5) is 64.5. The van der Waals surface area contributed by atoms with Crippen molar-refractivity contribution in [2.75, 3.05) is 66.2 Å². The van der Waals surface area contributed by atoms with Crippen LogP contribution in [0.3, 0.4) is 0 Å². The average Bonchev–Trinajstić information content (AvgIpc) is 1.67. The van der Waals surface area contributed by atoms with Gasteiger partial charge in [-0.05, 0) is 94.6 Å². The Bertz CT molecular complexity index is 2880. The van der Waals surface area contributed by atoms with E-state index in [9.17, 15) is 28.8 Å². The summed E-state index contributed by atoms with van der Waals surface area (Å²) in [5.41, 5.74) is 29.3. The van der Waals surface area contributed by atoms with Gasteiger partial charge in [-0.25, -0.2) is 0 Å². The molecular formula is C72H96N8O8S. The lowest BCUT2D eigenvalue weighted by molar-refractivity contribution is -0.142. The summed E-state index contributed by atoms with van der Waals surface area (Å²) >= 11 is 1.73. The number of benzene rings is 7. The van der Waals surface area contributed by atoms with Crippen molar-refractivity contribution >= 4 is 47.2 Å². The monoisotopic (exact) mass is 1230 g/mol. The number of ketones is 1. The average molecular weight is 1230 g/mol. The lowest BCUT2D eigenvalue weighted by Gasteiger charge is -2.14. The van der Waals surface area contributed by atoms with Crippen LogP contribution in [0.1, 0.15) is 106 Å². The van der Waals surface area contributed by atoms with Crippen molar-refractivity contribution in [1.82, 2.24) is 26.6 Å². The van der Waals surface area contributed by atoms with Gasteiger partial charge in [0.05, 0.1) is 19.9 Å². The molecule has 16 nitrogen and oxygen atoms in total. The summed E-state index contributed by atoms with van der Waals surface area (Å²) < 4.78 is 10.4. The van der Waals surface area contributed by atoms with Gasteiger partial charge in [0.2, 0.25) is 17.7 Å². The molecule has 0 fully saturated rings. The molecule has 1 atom stereocenters. The van der Waals surface area contributed by atoms with Gasteiger partial charge in [0.1, 0.15) is 19.0 Å². The van der Waals surface area contributed by atoms with Crippen molar-refractivity contribution < 1.29 is 38.2 Å². The standard InChI is InChI=1S/2C16H14O2.C15H22N2O2S.2C8H10.C4H10N2O.C3H8N2O.C2H8N2/c2*1-11(17)18-10-16-14-8-4-2-6-12(14)13-7-3-5-9-15(13)16;1-12(18)17-8-7-14(15(19)9-16)11-20-10-13-5-3-2-4-6-13;2*1-2-8-6-4-3-5-7-8;1-4(7)6-3-5-2;1-3(6)5-2-4;1-4-2-3/h2*2-9,16H,10H2,1H3;2-6,14H,7-11,16H2,1H3,(H,17,18);2*3-7H,2H2,1H3;5H,3H2,1-2H3,(H,6,7);2,4H2,1H3,(H,5,6);4H,2-3H2,1H3. The topological polar surface area (TPSA) is 259 Å². The zero-order valence-corrected chi connectivity index (χ0v) is 54.3. The smallest absolute Gasteiger partial charge is 0.302 e. The molecule has 89 heavy (non-hydrogen) atoms. The molecule has 0 aliphatic heterocycles. The Morgan fingerprint density at radius 1 is 0.449 bits per heavy atom. The number of carbonyl (C=O) groups is 6.